The van der Waals surface area contributed by atoms with Gasteiger partial charge in [0.05, 0.1) is 18.8 Å². The zero-order valence-electron chi connectivity index (χ0n) is 11.9. The molecule has 0 saturated carbocycles. The van der Waals surface area contributed by atoms with Crippen LogP contribution in [0.2, 0.25) is 0 Å². The van der Waals surface area contributed by atoms with Crippen LogP contribution in [0.15, 0.2) is 30.3 Å². The first-order valence-corrected chi connectivity index (χ1v) is 6.76. The fourth-order valence-electron chi connectivity index (χ4n) is 2.35. The van der Waals surface area contributed by atoms with Crippen LogP contribution < -0.4 is 0 Å². The Morgan fingerprint density at radius 2 is 2.15 bits per heavy atom. The molecule has 1 amide bonds. The molecule has 1 heterocycles. The van der Waals surface area contributed by atoms with Crippen LogP contribution in [0.4, 0.5) is 4.79 Å². The number of amides is 1. The Balaban J connectivity index is 1.97. The van der Waals surface area contributed by atoms with Crippen molar-refractivity contribution in [3.63, 3.8) is 0 Å². The van der Waals surface area contributed by atoms with Crippen LogP contribution in [0, 0.1) is 0 Å². The monoisotopic (exact) mass is 279 g/mol. The molecule has 5 nitrogen and oxygen atoms in total. The lowest BCUT2D eigenvalue weighted by molar-refractivity contribution is -0.120. The van der Waals surface area contributed by atoms with Gasteiger partial charge in [0, 0.05) is 6.54 Å². The SMILES string of the molecule is CC1(C)C(CO)OCCN1C(=O)OCc1ccccc1. The van der Waals surface area contributed by atoms with Gasteiger partial charge in [-0.15, -0.1) is 0 Å². The summed E-state index contributed by atoms with van der Waals surface area (Å²) < 4.78 is 10.8. The predicted octanol–water partition coefficient (Wildman–Crippen LogP) is 1.79. The smallest absolute Gasteiger partial charge is 0.410 e. The van der Waals surface area contributed by atoms with Crippen LogP contribution in [0.5, 0.6) is 0 Å². The van der Waals surface area contributed by atoms with E-state index in [1.165, 1.54) is 0 Å². The number of carbonyl (C=O) groups is 1. The minimum absolute atomic E-state index is 0.116. The molecule has 110 valence electrons. The number of ether oxygens (including phenoxy) is 2. The maximum absolute atomic E-state index is 12.2. The van der Waals surface area contributed by atoms with E-state index in [0.29, 0.717) is 13.2 Å². The molecule has 2 rings (SSSR count). The van der Waals surface area contributed by atoms with E-state index in [1.54, 1.807) is 4.90 Å². The average Bonchev–Trinajstić information content (AvgIpc) is 2.45. The normalized spacial score (nSPS) is 21.6. The average molecular weight is 279 g/mol. The highest BCUT2D eigenvalue weighted by Crippen LogP contribution is 2.26. The summed E-state index contributed by atoms with van der Waals surface area (Å²) in [5.41, 5.74) is 0.367. The largest absolute Gasteiger partial charge is 0.445 e. The molecule has 0 aliphatic carbocycles. The van der Waals surface area contributed by atoms with Gasteiger partial charge in [0.15, 0.2) is 0 Å². The fraction of sp³-hybridized carbons (Fsp3) is 0.533. The van der Waals surface area contributed by atoms with Gasteiger partial charge in [-0.3, -0.25) is 4.90 Å². The minimum Gasteiger partial charge on any atom is -0.445 e. The standard InChI is InChI=1S/C15H21NO4/c1-15(2)13(10-17)19-9-8-16(15)14(18)20-11-12-6-4-3-5-7-12/h3-7,13,17H,8-11H2,1-2H3. The topological polar surface area (TPSA) is 59.0 Å². The Kier molecular flexibility index (Phi) is 4.62. The second-order valence-corrected chi connectivity index (χ2v) is 5.39. The number of rotatable bonds is 3. The number of aliphatic hydroxyl groups is 1. The van der Waals surface area contributed by atoms with E-state index >= 15 is 0 Å². The van der Waals surface area contributed by atoms with Crippen molar-refractivity contribution in [2.75, 3.05) is 19.8 Å². The lowest BCUT2D eigenvalue weighted by Crippen LogP contribution is -2.61. The molecule has 0 radical (unpaired) electrons. The highest BCUT2D eigenvalue weighted by molar-refractivity contribution is 5.69. The summed E-state index contributed by atoms with van der Waals surface area (Å²) in [7, 11) is 0. The molecular weight excluding hydrogens is 258 g/mol. The molecule has 1 aromatic carbocycles. The lowest BCUT2D eigenvalue weighted by atomic mass is 9.94. The first kappa shape index (κ1) is 14.8. The van der Waals surface area contributed by atoms with E-state index in [9.17, 15) is 9.90 Å². The van der Waals surface area contributed by atoms with Crippen molar-refractivity contribution >= 4 is 6.09 Å². The van der Waals surface area contributed by atoms with E-state index in [2.05, 4.69) is 0 Å². The van der Waals surface area contributed by atoms with Gasteiger partial charge in [-0.05, 0) is 19.4 Å². The van der Waals surface area contributed by atoms with Gasteiger partial charge in [-0.1, -0.05) is 30.3 Å². The van der Waals surface area contributed by atoms with Crippen LogP contribution in [-0.4, -0.2) is 47.5 Å². The summed E-state index contributed by atoms with van der Waals surface area (Å²) in [4.78, 5) is 13.8. The van der Waals surface area contributed by atoms with Crippen LogP contribution in [0.1, 0.15) is 19.4 Å². The van der Waals surface area contributed by atoms with Crippen molar-refractivity contribution in [2.45, 2.75) is 32.1 Å². The second-order valence-electron chi connectivity index (χ2n) is 5.39. The van der Waals surface area contributed by atoms with E-state index in [1.807, 2.05) is 44.2 Å². The second kappa shape index (κ2) is 6.24. The molecule has 1 saturated heterocycles. The van der Waals surface area contributed by atoms with Crippen molar-refractivity contribution in [1.82, 2.24) is 4.90 Å². The van der Waals surface area contributed by atoms with Gasteiger partial charge >= 0.3 is 6.09 Å². The first-order valence-electron chi connectivity index (χ1n) is 6.76. The molecule has 1 fully saturated rings. The highest BCUT2D eigenvalue weighted by atomic mass is 16.6. The van der Waals surface area contributed by atoms with Crippen molar-refractivity contribution in [3.8, 4) is 0 Å². The summed E-state index contributed by atoms with van der Waals surface area (Å²) in [6.45, 7) is 4.76. The lowest BCUT2D eigenvalue weighted by Gasteiger charge is -2.46. The maximum Gasteiger partial charge on any atom is 0.410 e. The number of hydrogen-bond acceptors (Lipinski definition) is 4. The Labute approximate surface area is 119 Å². The maximum atomic E-state index is 12.2. The van der Waals surface area contributed by atoms with Gasteiger partial charge in [-0.25, -0.2) is 4.79 Å². The van der Waals surface area contributed by atoms with Crippen molar-refractivity contribution in [3.05, 3.63) is 35.9 Å². The third-order valence-electron chi connectivity index (χ3n) is 3.71. The van der Waals surface area contributed by atoms with E-state index in [-0.39, 0.29) is 25.4 Å². The summed E-state index contributed by atoms with van der Waals surface area (Å²) in [5.74, 6) is 0. The molecule has 1 atom stereocenters. The van der Waals surface area contributed by atoms with E-state index in [0.717, 1.165) is 5.56 Å². The number of morpholine rings is 1. The van der Waals surface area contributed by atoms with E-state index < -0.39 is 5.54 Å². The quantitative estimate of drug-likeness (QED) is 0.916. The molecule has 20 heavy (non-hydrogen) atoms. The number of carbonyl (C=O) groups excluding carboxylic acids is 1. The Bertz CT molecular complexity index is 446. The number of aliphatic hydroxyl groups excluding tert-OH is 1. The Morgan fingerprint density at radius 3 is 2.80 bits per heavy atom. The summed E-state index contributed by atoms with van der Waals surface area (Å²) >= 11 is 0. The summed E-state index contributed by atoms with van der Waals surface area (Å²) in [5, 5.41) is 9.33. The molecule has 0 aromatic heterocycles. The fourth-order valence-corrected chi connectivity index (χ4v) is 2.35. The third kappa shape index (κ3) is 3.11. The number of hydrogen-bond donors (Lipinski definition) is 1. The van der Waals surface area contributed by atoms with Crippen molar-refractivity contribution in [1.29, 1.82) is 0 Å². The molecule has 1 aliphatic rings. The van der Waals surface area contributed by atoms with Crippen LogP contribution in [0.3, 0.4) is 0 Å². The Morgan fingerprint density at radius 1 is 1.45 bits per heavy atom. The van der Waals surface area contributed by atoms with Crippen molar-refractivity contribution < 1.29 is 19.4 Å². The predicted molar refractivity (Wildman–Crippen MR) is 74.2 cm³/mol. The zero-order valence-corrected chi connectivity index (χ0v) is 11.9. The van der Waals surface area contributed by atoms with Crippen LogP contribution in [0.25, 0.3) is 0 Å². The third-order valence-corrected chi connectivity index (χ3v) is 3.71. The number of benzene rings is 1. The van der Waals surface area contributed by atoms with Gasteiger partial charge < -0.3 is 14.6 Å². The number of nitrogens with zero attached hydrogens (tertiary/aromatic N) is 1. The summed E-state index contributed by atoms with van der Waals surface area (Å²) in [6.07, 6.45) is -0.763. The first-order chi connectivity index (χ1) is 9.55. The minimum atomic E-state index is -0.583. The van der Waals surface area contributed by atoms with Gasteiger partial charge in [0.2, 0.25) is 0 Å². The van der Waals surface area contributed by atoms with Crippen LogP contribution >= 0.6 is 0 Å². The van der Waals surface area contributed by atoms with Gasteiger partial charge in [0.1, 0.15) is 12.7 Å². The van der Waals surface area contributed by atoms with Crippen molar-refractivity contribution in [2.24, 2.45) is 0 Å². The van der Waals surface area contributed by atoms with Crippen LogP contribution in [-0.2, 0) is 16.1 Å². The molecule has 1 unspecified atom stereocenters. The van der Waals surface area contributed by atoms with Gasteiger partial charge in [0.25, 0.3) is 0 Å². The Hall–Kier alpha value is -1.59. The van der Waals surface area contributed by atoms with E-state index in [4.69, 9.17) is 9.47 Å². The summed E-state index contributed by atoms with van der Waals surface area (Å²) in [6, 6.07) is 9.55. The highest BCUT2D eigenvalue weighted by Gasteiger charge is 2.42. The molecule has 0 bridgehead atoms. The zero-order chi connectivity index (χ0) is 14.6. The molecule has 1 aromatic rings. The molecule has 1 aliphatic heterocycles. The molecule has 1 N–H and O–H groups in total. The molecular formula is C15H21NO4. The molecule has 0 spiro atoms. The molecule has 5 heteroatoms. The van der Waals surface area contributed by atoms with Gasteiger partial charge in [-0.2, -0.15) is 0 Å².